The highest BCUT2D eigenvalue weighted by molar-refractivity contribution is 5.96. The van der Waals surface area contributed by atoms with Gasteiger partial charge in [-0.15, -0.1) is 0 Å². The Morgan fingerprint density at radius 2 is 1.96 bits per heavy atom. The van der Waals surface area contributed by atoms with Gasteiger partial charge < -0.3 is 15.4 Å². The molecular weight excluding hydrogens is 308 g/mol. The van der Waals surface area contributed by atoms with Crippen LogP contribution in [0, 0.1) is 13.8 Å². The Balaban J connectivity index is 2.19. The van der Waals surface area contributed by atoms with Crippen LogP contribution in [0.1, 0.15) is 23.9 Å². The van der Waals surface area contributed by atoms with Crippen molar-refractivity contribution >= 4 is 23.2 Å². The lowest BCUT2D eigenvalue weighted by atomic mass is 10.1. The van der Waals surface area contributed by atoms with E-state index >= 15 is 0 Å². The predicted molar refractivity (Wildman–Crippen MR) is 92.3 cm³/mol. The maximum absolute atomic E-state index is 12.4. The number of anilines is 2. The number of carbonyl (C=O) groups excluding carboxylic acids is 2. The van der Waals surface area contributed by atoms with Gasteiger partial charge in [0.25, 0.3) is 0 Å². The second kappa shape index (κ2) is 7.16. The molecule has 0 aliphatic heterocycles. The SMILES string of the molecule is COc1ccc(NC(C)=O)cc1NC(=O)Cc1c(C)nn(C)c1C. The minimum Gasteiger partial charge on any atom is -0.495 e. The summed E-state index contributed by atoms with van der Waals surface area (Å²) in [5, 5.41) is 9.83. The van der Waals surface area contributed by atoms with E-state index in [-0.39, 0.29) is 18.2 Å². The largest absolute Gasteiger partial charge is 0.495 e. The quantitative estimate of drug-likeness (QED) is 0.880. The number of methoxy groups -OCH3 is 1. The van der Waals surface area contributed by atoms with Gasteiger partial charge in [-0.2, -0.15) is 5.10 Å². The molecule has 128 valence electrons. The van der Waals surface area contributed by atoms with Gasteiger partial charge in [-0.3, -0.25) is 14.3 Å². The first kappa shape index (κ1) is 17.5. The third kappa shape index (κ3) is 3.92. The Kier molecular flexibility index (Phi) is 5.23. The Bertz CT molecular complexity index is 780. The molecule has 0 unspecified atom stereocenters. The molecule has 1 heterocycles. The van der Waals surface area contributed by atoms with Gasteiger partial charge in [0, 0.05) is 30.9 Å². The van der Waals surface area contributed by atoms with Gasteiger partial charge >= 0.3 is 0 Å². The van der Waals surface area contributed by atoms with Crippen LogP contribution < -0.4 is 15.4 Å². The Morgan fingerprint density at radius 3 is 2.50 bits per heavy atom. The molecule has 0 spiro atoms. The third-order valence-corrected chi connectivity index (χ3v) is 3.79. The van der Waals surface area contributed by atoms with Crippen LogP contribution in [-0.2, 0) is 23.1 Å². The number of aromatic nitrogens is 2. The molecule has 0 saturated heterocycles. The summed E-state index contributed by atoms with van der Waals surface area (Å²) in [6.45, 7) is 5.24. The molecule has 0 atom stereocenters. The van der Waals surface area contributed by atoms with Crippen molar-refractivity contribution in [1.29, 1.82) is 0 Å². The maximum Gasteiger partial charge on any atom is 0.229 e. The fraction of sp³-hybridized carbons (Fsp3) is 0.353. The van der Waals surface area contributed by atoms with Gasteiger partial charge in [0.1, 0.15) is 5.75 Å². The minimum atomic E-state index is -0.181. The highest BCUT2D eigenvalue weighted by atomic mass is 16.5. The molecule has 1 aromatic heterocycles. The molecule has 2 aromatic rings. The van der Waals surface area contributed by atoms with Crippen molar-refractivity contribution in [1.82, 2.24) is 9.78 Å². The molecule has 24 heavy (non-hydrogen) atoms. The van der Waals surface area contributed by atoms with Crippen molar-refractivity contribution in [3.8, 4) is 5.75 Å². The van der Waals surface area contributed by atoms with Crippen molar-refractivity contribution in [2.24, 2.45) is 7.05 Å². The topological polar surface area (TPSA) is 85.2 Å². The number of hydrogen-bond donors (Lipinski definition) is 2. The van der Waals surface area contributed by atoms with Crippen LogP contribution in [0.4, 0.5) is 11.4 Å². The Labute approximate surface area is 141 Å². The summed E-state index contributed by atoms with van der Waals surface area (Å²) in [4.78, 5) is 23.6. The first-order valence-corrected chi connectivity index (χ1v) is 7.56. The zero-order valence-corrected chi connectivity index (χ0v) is 14.6. The highest BCUT2D eigenvalue weighted by Crippen LogP contribution is 2.28. The number of ether oxygens (including phenoxy) is 1. The third-order valence-electron chi connectivity index (χ3n) is 3.79. The lowest BCUT2D eigenvalue weighted by Crippen LogP contribution is -2.16. The maximum atomic E-state index is 12.4. The molecule has 1 aromatic carbocycles. The van der Waals surface area contributed by atoms with Gasteiger partial charge in [0.05, 0.1) is 24.9 Å². The zero-order valence-electron chi connectivity index (χ0n) is 14.6. The molecular formula is C17H22N4O3. The molecule has 0 aliphatic carbocycles. The molecule has 0 radical (unpaired) electrons. The first-order chi connectivity index (χ1) is 11.3. The van der Waals surface area contributed by atoms with Crippen LogP contribution in [0.5, 0.6) is 5.75 Å². The van der Waals surface area contributed by atoms with Crippen LogP contribution in [-0.4, -0.2) is 28.7 Å². The van der Waals surface area contributed by atoms with Crippen LogP contribution in [0.25, 0.3) is 0 Å². The van der Waals surface area contributed by atoms with E-state index < -0.39 is 0 Å². The van der Waals surface area contributed by atoms with Gasteiger partial charge in [0.2, 0.25) is 11.8 Å². The summed E-state index contributed by atoms with van der Waals surface area (Å²) in [7, 11) is 3.38. The lowest BCUT2D eigenvalue weighted by Gasteiger charge is -2.12. The number of hydrogen-bond acceptors (Lipinski definition) is 4. The summed E-state index contributed by atoms with van der Waals surface area (Å²) in [6, 6.07) is 5.08. The van der Waals surface area contributed by atoms with Gasteiger partial charge in [0.15, 0.2) is 0 Å². The molecule has 0 fully saturated rings. The van der Waals surface area contributed by atoms with Crippen molar-refractivity contribution in [2.45, 2.75) is 27.2 Å². The fourth-order valence-electron chi connectivity index (χ4n) is 2.51. The average Bonchev–Trinajstić information content (AvgIpc) is 2.73. The summed E-state index contributed by atoms with van der Waals surface area (Å²) in [6.07, 6.45) is 0.221. The molecule has 2 rings (SSSR count). The second-order valence-electron chi connectivity index (χ2n) is 5.59. The van der Waals surface area contributed by atoms with Gasteiger partial charge in [-0.25, -0.2) is 0 Å². The molecule has 7 nitrogen and oxygen atoms in total. The van der Waals surface area contributed by atoms with E-state index in [9.17, 15) is 9.59 Å². The van der Waals surface area contributed by atoms with Gasteiger partial charge in [-0.1, -0.05) is 0 Å². The smallest absolute Gasteiger partial charge is 0.229 e. The molecule has 0 aliphatic rings. The van der Waals surface area contributed by atoms with Crippen molar-refractivity contribution in [3.05, 3.63) is 35.2 Å². The Morgan fingerprint density at radius 1 is 1.25 bits per heavy atom. The molecule has 2 amide bonds. The number of carbonyl (C=O) groups is 2. The van der Waals surface area contributed by atoms with Crippen LogP contribution in [0.2, 0.25) is 0 Å². The predicted octanol–water partition coefficient (Wildman–Crippen LogP) is 2.19. The van der Waals surface area contributed by atoms with E-state index in [1.807, 2.05) is 20.9 Å². The van der Waals surface area contributed by atoms with E-state index in [0.717, 1.165) is 17.0 Å². The number of amides is 2. The van der Waals surface area contributed by atoms with Crippen LogP contribution >= 0.6 is 0 Å². The normalized spacial score (nSPS) is 10.4. The number of rotatable bonds is 5. The number of benzene rings is 1. The van der Waals surface area contributed by atoms with E-state index in [2.05, 4.69) is 15.7 Å². The van der Waals surface area contributed by atoms with E-state index in [4.69, 9.17) is 4.74 Å². The minimum absolute atomic E-state index is 0.174. The summed E-state index contributed by atoms with van der Waals surface area (Å²) >= 11 is 0. The highest BCUT2D eigenvalue weighted by Gasteiger charge is 2.15. The van der Waals surface area contributed by atoms with Crippen LogP contribution in [0.3, 0.4) is 0 Å². The lowest BCUT2D eigenvalue weighted by molar-refractivity contribution is -0.116. The fourth-order valence-corrected chi connectivity index (χ4v) is 2.51. The summed E-state index contributed by atoms with van der Waals surface area (Å²) < 4.78 is 7.02. The Hall–Kier alpha value is -2.83. The van der Waals surface area contributed by atoms with E-state index in [1.165, 1.54) is 14.0 Å². The average molecular weight is 330 g/mol. The molecule has 0 saturated carbocycles. The van der Waals surface area contributed by atoms with Crippen molar-refractivity contribution in [3.63, 3.8) is 0 Å². The number of aryl methyl sites for hydroxylation is 2. The molecule has 7 heteroatoms. The monoisotopic (exact) mass is 330 g/mol. The zero-order chi connectivity index (χ0) is 17.9. The van der Waals surface area contributed by atoms with Crippen LogP contribution in [0.15, 0.2) is 18.2 Å². The summed E-state index contributed by atoms with van der Waals surface area (Å²) in [5.74, 6) is 0.170. The van der Waals surface area contributed by atoms with E-state index in [1.54, 1.807) is 22.9 Å². The summed E-state index contributed by atoms with van der Waals surface area (Å²) in [5.41, 5.74) is 3.80. The van der Waals surface area contributed by atoms with Crippen molar-refractivity contribution < 1.29 is 14.3 Å². The second-order valence-corrected chi connectivity index (χ2v) is 5.59. The van der Waals surface area contributed by atoms with Crippen molar-refractivity contribution in [2.75, 3.05) is 17.7 Å². The molecule has 2 N–H and O–H groups in total. The van der Waals surface area contributed by atoms with E-state index in [0.29, 0.717) is 17.1 Å². The number of nitrogens with zero attached hydrogens (tertiary/aromatic N) is 2. The first-order valence-electron chi connectivity index (χ1n) is 7.56. The number of nitrogens with one attached hydrogen (secondary N) is 2. The molecule has 0 bridgehead atoms. The standard InChI is InChI=1S/C17H22N4O3/c1-10-14(11(2)21(4)20-10)9-17(23)19-15-8-13(18-12(3)22)6-7-16(15)24-5/h6-8H,9H2,1-5H3,(H,18,22)(H,19,23). The van der Waals surface area contributed by atoms with Gasteiger partial charge in [-0.05, 0) is 32.0 Å².